The number of likely N-dealkylation sites (N-methyl/N-ethyl adjacent to an activating group) is 1. The van der Waals surface area contributed by atoms with Gasteiger partial charge < -0.3 is 20.4 Å². The molecule has 0 atom stereocenters. The molecule has 0 amide bonds. The number of piperidine rings is 1. The zero-order valence-corrected chi connectivity index (χ0v) is 22.5. The minimum atomic E-state index is -3.40. The average molecular weight is 536 g/mol. The third-order valence-corrected chi connectivity index (χ3v) is 8.48. The Morgan fingerprint density at radius 1 is 1.05 bits per heavy atom. The Morgan fingerprint density at radius 2 is 1.84 bits per heavy atom. The Labute approximate surface area is 222 Å². The van der Waals surface area contributed by atoms with Crippen LogP contribution < -0.4 is 15.5 Å². The first-order valence-electron chi connectivity index (χ1n) is 13.0. The van der Waals surface area contributed by atoms with Crippen LogP contribution in [0.15, 0.2) is 53.7 Å². The van der Waals surface area contributed by atoms with Gasteiger partial charge in [0, 0.05) is 55.6 Å². The van der Waals surface area contributed by atoms with Gasteiger partial charge in [-0.15, -0.1) is 5.10 Å². The predicted octanol–water partition coefficient (Wildman–Crippen LogP) is 2.42. The molecule has 0 unspecified atom stereocenters. The molecule has 0 aliphatic carbocycles. The molecule has 3 aromatic heterocycles. The van der Waals surface area contributed by atoms with Crippen LogP contribution in [0.1, 0.15) is 18.9 Å². The number of nitrogens with one attached hydrogen (secondary N) is 2. The number of piperazine rings is 1. The van der Waals surface area contributed by atoms with Gasteiger partial charge in [0.15, 0.2) is 15.5 Å². The van der Waals surface area contributed by atoms with Crippen LogP contribution in [0.2, 0.25) is 0 Å². The van der Waals surface area contributed by atoms with Gasteiger partial charge in [0.1, 0.15) is 0 Å². The van der Waals surface area contributed by atoms with Crippen LogP contribution in [-0.4, -0.2) is 90.3 Å². The molecule has 2 saturated heterocycles. The highest BCUT2D eigenvalue weighted by Gasteiger charge is 2.20. The molecule has 1 aromatic carbocycles. The minimum absolute atomic E-state index is 0.270. The predicted molar refractivity (Wildman–Crippen MR) is 148 cm³/mol. The van der Waals surface area contributed by atoms with Crippen LogP contribution in [0.25, 0.3) is 16.9 Å². The van der Waals surface area contributed by atoms with Crippen molar-refractivity contribution in [2.24, 2.45) is 0 Å². The second kappa shape index (κ2) is 10.0. The number of hydrogen-bond donors (Lipinski definition) is 2. The van der Waals surface area contributed by atoms with Crippen LogP contribution in [0.4, 0.5) is 17.3 Å². The second-order valence-electron chi connectivity index (χ2n) is 10.2. The largest absolute Gasteiger partial charge is 0.369 e. The minimum Gasteiger partial charge on any atom is -0.369 e. The van der Waals surface area contributed by atoms with Gasteiger partial charge >= 0.3 is 0 Å². The molecule has 2 fully saturated rings. The lowest BCUT2D eigenvalue weighted by Crippen LogP contribution is -2.44. The van der Waals surface area contributed by atoms with E-state index in [9.17, 15) is 8.42 Å². The molecule has 5 heterocycles. The van der Waals surface area contributed by atoms with Crippen LogP contribution in [0.3, 0.4) is 0 Å². The lowest BCUT2D eigenvalue weighted by atomic mass is 10.1. The Balaban J connectivity index is 1.31. The number of rotatable bonds is 6. The third-order valence-electron chi connectivity index (χ3n) is 7.38. The van der Waals surface area contributed by atoms with Gasteiger partial charge in [-0.1, -0.05) is 6.07 Å². The summed E-state index contributed by atoms with van der Waals surface area (Å²) in [6.45, 7) is 5.54. The van der Waals surface area contributed by atoms with E-state index in [1.165, 1.54) is 6.26 Å². The Hall–Kier alpha value is -3.48. The van der Waals surface area contributed by atoms with E-state index in [0.29, 0.717) is 23.3 Å². The van der Waals surface area contributed by atoms with Gasteiger partial charge in [-0.2, -0.15) is 10.1 Å². The molecule has 2 aliphatic rings. The van der Waals surface area contributed by atoms with Gasteiger partial charge in [-0.25, -0.2) is 12.9 Å². The standard InChI is InChI=1S/C26H33N9O2S/c1-32-10-12-33(13-11-32)22-14-20(15-23(16-22)38(2,36)37)29-26-30-25-5-3-4-24(35(25)31-26)19-17-28-34(18-19)21-6-8-27-9-7-21/h3-5,14-18,21,27H,6-13H2,1-2H3,(H,29,31). The molecule has 200 valence electrons. The van der Waals surface area contributed by atoms with Gasteiger partial charge in [0.25, 0.3) is 0 Å². The molecule has 4 aromatic rings. The van der Waals surface area contributed by atoms with E-state index < -0.39 is 9.84 Å². The zero-order valence-electron chi connectivity index (χ0n) is 21.7. The van der Waals surface area contributed by atoms with Crippen molar-refractivity contribution in [3.8, 4) is 11.3 Å². The molecule has 0 radical (unpaired) electrons. The first kappa shape index (κ1) is 24.8. The van der Waals surface area contributed by atoms with Gasteiger partial charge in [-0.3, -0.25) is 4.68 Å². The normalized spacial score (nSPS) is 17.8. The van der Waals surface area contributed by atoms with Crippen molar-refractivity contribution in [3.63, 3.8) is 0 Å². The summed E-state index contributed by atoms with van der Waals surface area (Å²) in [5.41, 5.74) is 4.07. The van der Waals surface area contributed by atoms with Crippen LogP contribution >= 0.6 is 0 Å². The van der Waals surface area contributed by atoms with E-state index in [1.54, 1.807) is 16.6 Å². The first-order valence-corrected chi connectivity index (χ1v) is 14.9. The summed E-state index contributed by atoms with van der Waals surface area (Å²) < 4.78 is 28.8. The lowest BCUT2D eigenvalue weighted by molar-refractivity contribution is 0.313. The number of nitrogens with zero attached hydrogens (tertiary/aromatic N) is 7. The molecule has 0 saturated carbocycles. The van der Waals surface area contributed by atoms with Gasteiger partial charge in [0.2, 0.25) is 5.95 Å². The molecule has 0 spiro atoms. The van der Waals surface area contributed by atoms with Crippen molar-refractivity contribution >= 4 is 32.8 Å². The molecule has 12 heteroatoms. The van der Waals surface area contributed by atoms with Crippen LogP contribution in [0.5, 0.6) is 0 Å². The number of fused-ring (bicyclic) bond motifs is 1. The highest BCUT2D eigenvalue weighted by atomic mass is 32.2. The molecule has 2 N–H and O–H groups in total. The van der Waals surface area contributed by atoms with E-state index >= 15 is 0 Å². The summed E-state index contributed by atoms with van der Waals surface area (Å²) >= 11 is 0. The second-order valence-corrected chi connectivity index (χ2v) is 12.2. The van der Waals surface area contributed by atoms with E-state index in [0.717, 1.165) is 69.1 Å². The molecule has 11 nitrogen and oxygen atoms in total. The van der Waals surface area contributed by atoms with Crippen molar-refractivity contribution in [2.45, 2.75) is 23.8 Å². The Bertz CT molecular complexity index is 1550. The fourth-order valence-corrected chi connectivity index (χ4v) is 5.84. The van der Waals surface area contributed by atoms with E-state index in [-0.39, 0.29) is 4.90 Å². The number of anilines is 3. The van der Waals surface area contributed by atoms with E-state index in [4.69, 9.17) is 5.10 Å². The molecule has 2 aliphatic heterocycles. The number of pyridine rings is 1. The van der Waals surface area contributed by atoms with Crippen LogP contribution in [0, 0.1) is 0 Å². The van der Waals surface area contributed by atoms with Crippen molar-refractivity contribution < 1.29 is 8.42 Å². The van der Waals surface area contributed by atoms with Gasteiger partial charge in [0.05, 0.1) is 22.8 Å². The highest BCUT2D eigenvalue weighted by molar-refractivity contribution is 7.90. The lowest BCUT2D eigenvalue weighted by Gasteiger charge is -2.34. The number of hydrogen-bond acceptors (Lipinski definition) is 9. The molecule has 0 bridgehead atoms. The summed E-state index contributed by atoms with van der Waals surface area (Å²) in [5.74, 6) is 0.401. The fourth-order valence-electron chi connectivity index (χ4n) is 5.16. The molecule has 6 rings (SSSR count). The zero-order chi connectivity index (χ0) is 26.3. The highest BCUT2D eigenvalue weighted by Crippen LogP contribution is 2.29. The summed E-state index contributed by atoms with van der Waals surface area (Å²) in [4.78, 5) is 9.43. The fraction of sp³-hybridized carbons (Fsp3) is 0.423. The third kappa shape index (κ3) is 5.11. The summed E-state index contributed by atoms with van der Waals surface area (Å²) in [6, 6.07) is 11.6. The summed E-state index contributed by atoms with van der Waals surface area (Å²) in [7, 11) is -1.30. The number of sulfone groups is 1. The topological polar surface area (TPSA) is 113 Å². The van der Waals surface area contributed by atoms with E-state index in [2.05, 4.69) is 48.4 Å². The monoisotopic (exact) mass is 535 g/mol. The maximum atomic E-state index is 12.5. The van der Waals surface area contributed by atoms with Crippen molar-refractivity contribution in [2.75, 3.05) is 62.8 Å². The smallest absolute Gasteiger partial charge is 0.247 e. The SMILES string of the molecule is CN1CCN(c2cc(Nc3nc4cccc(-c5cnn(C6CCNCC6)c5)n4n3)cc(S(C)(=O)=O)c2)CC1. The van der Waals surface area contributed by atoms with E-state index in [1.807, 2.05) is 30.5 Å². The van der Waals surface area contributed by atoms with Crippen molar-refractivity contribution in [1.29, 1.82) is 0 Å². The number of benzene rings is 1. The maximum absolute atomic E-state index is 12.5. The summed E-state index contributed by atoms with van der Waals surface area (Å²) in [6.07, 6.45) is 7.32. The Morgan fingerprint density at radius 3 is 2.61 bits per heavy atom. The molecular formula is C26H33N9O2S. The average Bonchev–Trinajstić information content (AvgIpc) is 3.56. The molecule has 38 heavy (non-hydrogen) atoms. The molecular weight excluding hydrogens is 502 g/mol. The van der Waals surface area contributed by atoms with Crippen LogP contribution in [-0.2, 0) is 9.84 Å². The van der Waals surface area contributed by atoms with Crippen molar-refractivity contribution in [1.82, 2.24) is 34.6 Å². The first-order chi connectivity index (χ1) is 18.3. The Kier molecular flexibility index (Phi) is 6.54. The van der Waals surface area contributed by atoms with Gasteiger partial charge in [-0.05, 0) is 63.3 Å². The quantitative estimate of drug-likeness (QED) is 0.384. The number of aromatic nitrogens is 5. The maximum Gasteiger partial charge on any atom is 0.247 e. The van der Waals surface area contributed by atoms with Crippen molar-refractivity contribution in [3.05, 3.63) is 48.8 Å². The summed E-state index contributed by atoms with van der Waals surface area (Å²) in [5, 5.41) is 16.0.